The maximum atomic E-state index is 12.8. The molecule has 1 aromatic carbocycles. The Balaban J connectivity index is 0.00000242. The number of halogens is 2. The molecule has 2 N–H and O–H groups in total. The Hall–Kier alpha value is -0.780. The third kappa shape index (κ3) is 4.86. The highest BCUT2D eigenvalue weighted by atomic mass is 35.5. The first kappa shape index (κ1) is 19.3. The SMILES string of the molecule is CC(CSc1ccc(F)cc1)C(=O)N1CCC(C)(CN)C1.Cl. The van der Waals surface area contributed by atoms with E-state index in [0.29, 0.717) is 12.3 Å². The number of nitrogens with two attached hydrogens (primary N) is 1. The molecule has 2 atom stereocenters. The smallest absolute Gasteiger partial charge is 0.226 e. The van der Waals surface area contributed by atoms with E-state index in [1.807, 2.05) is 11.8 Å². The molecule has 3 nitrogen and oxygen atoms in total. The fourth-order valence-corrected chi connectivity index (χ4v) is 3.43. The van der Waals surface area contributed by atoms with Gasteiger partial charge in [-0.15, -0.1) is 24.2 Å². The molecule has 0 bridgehead atoms. The highest BCUT2D eigenvalue weighted by Crippen LogP contribution is 2.30. The molecule has 1 aliphatic rings. The van der Waals surface area contributed by atoms with Gasteiger partial charge < -0.3 is 10.6 Å². The molecule has 0 spiro atoms. The molecule has 1 aliphatic heterocycles. The molecule has 0 radical (unpaired) electrons. The molecule has 2 unspecified atom stereocenters. The quantitative estimate of drug-likeness (QED) is 0.833. The zero-order chi connectivity index (χ0) is 15.5. The molecule has 124 valence electrons. The van der Waals surface area contributed by atoms with E-state index in [-0.39, 0.29) is 35.5 Å². The van der Waals surface area contributed by atoms with Crippen LogP contribution >= 0.6 is 24.2 Å². The van der Waals surface area contributed by atoms with Crippen molar-refractivity contribution in [1.82, 2.24) is 4.90 Å². The molecule has 0 aliphatic carbocycles. The number of rotatable bonds is 5. The van der Waals surface area contributed by atoms with Crippen LogP contribution in [0.1, 0.15) is 20.3 Å². The lowest BCUT2D eigenvalue weighted by atomic mass is 9.90. The van der Waals surface area contributed by atoms with Crippen LogP contribution in [0.4, 0.5) is 4.39 Å². The molecule has 6 heteroatoms. The highest BCUT2D eigenvalue weighted by molar-refractivity contribution is 7.99. The maximum Gasteiger partial charge on any atom is 0.226 e. The van der Waals surface area contributed by atoms with Gasteiger partial charge in [0.2, 0.25) is 5.91 Å². The number of nitrogens with zero attached hydrogens (tertiary/aromatic N) is 1. The normalized spacial score (nSPS) is 22.3. The standard InChI is InChI=1S/C16H23FN2OS.ClH/c1-12(9-21-14-5-3-13(17)4-6-14)15(20)19-8-7-16(2,10-18)11-19;/h3-6,12H,7-11,18H2,1-2H3;1H. The van der Waals surface area contributed by atoms with Crippen LogP contribution in [0.3, 0.4) is 0 Å². The number of thioether (sulfide) groups is 1. The van der Waals surface area contributed by atoms with Crippen molar-refractivity contribution in [1.29, 1.82) is 0 Å². The molecule has 1 fully saturated rings. The number of hydrogen-bond donors (Lipinski definition) is 1. The van der Waals surface area contributed by atoms with Gasteiger partial charge in [-0.25, -0.2) is 4.39 Å². The monoisotopic (exact) mass is 346 g/mol. The van der Waals surface area contributed by atoms with Gasteiger partial charge in [0.15, 0.2) is 0 Å². The predicted octanol–water partition coefficient (Wildman–Crippen LogP) is 3.17. The molecule has 0 saturated carbocycles. The first-order valence-electron chi connectivity index (χ1n) is 7.31. The number of benzene rings is 1. The predicted molar refractivity (Wildman–Crippen MR) is 91.9 cm³/mol. The maximum absolute atomic E-state index is 12.8. The average molecular weight is 347 g/mol. The summed E-state index contributed by atoms with van der Waals surface area (Å²) < 4.78 is 12.8. The lowest BCUT2D eigenvalue weighted by molar-refractivity contribution is -0.133. The van der Waals surface area contributed by atoms with Gasteiger partial charge in [0, 0.05) is 29.7 Å². The van der Waals surface area contributed by atoms with Crippen molar-refractivity contribution in [3.63, 3.8) is 0 Å². The van der Waals surface area contributed by atoms with E-state index in [1.165, 1.54) is 12.1 Å². The lowest BCUT2D eigenvalue weighted by Gasteiger charge is -2.24. The number of carbonyl (C=O) groups is 1. The van der Waals surface area contributed by atoms with E-state index >= 15 is 0 Å². The van der Waals surface area contributed by atoms with Gasteiger partial charge in [0.05, 0.1) is 0 Å². The lowest BCUT2D eigenvalue weighted by Crippen LogP contribution is -2.37. The van der Waals surface area contributed by atoms with Crippen LogP contribution in [-0.4, -0.2) is 36.2 Å². The summed E-state index contributed by atoms with van der Waals surface area (Å²) in [7, 11) is 0. The Kier molecular flexibility index (Phi) is 7.16. The Labute approximate surface area is 142 Å². The fourth-order valence-electron chi connectivity index (χ4n) is 2.51. The van der Waals surface area contributed by atoms with Crippen LogP contribution in [-0.2, 0) is 4.79 Å². The fraction of sp³-hybridized carbons (Fsp3) is 0.562. The van der Waals surface area contributed by atoms with E-state index in [9.17, 15) is 9.18 Å². The Morgan fingerprint density at radius 3 is 2.64 bits per heavy atom. The van der Waals surface area contributed by atoms with Gasteiger partial charge in [-0.05, 0) is 42.6 Å². The first-order valence-corrected chi connectivity index (χ1v) is 8.29. The third-order valence-electron chi connectivity index (χ3n) is 4.10. The third-order valence-corrected chi connectivity index (χ3v) is 5.37. The van der Waals surface area contributed by atoms with Crippen LogP contribution in [0, 0.1) is 17.2 Å². The van der Waals surface area contributed by atoms with Gasteiger partial charge in [-0.3, -0.25) is 4.79 Å². The van der Waals surface area contributed by atoms with Crippen molar-refractivity contribution in [3.05, 3.63) is 30.1 Å². The van der Waals surface area contributed by atoms with E-state index in [0.717, 1.165) is 24.4 Å². The van der Waals surface area contributed by atoms with E-state index in [2.05, 4.69) is 6.92 Å². The van der Waals surface area contributed by atoms with E-state index in [1.54, 1.807) is 23.9 Å². The summed E-state index contributed by atoms with van der Waals surface area (Å²) >= 11 is 1.59. The molecule has 1 amide bonds. The molecule has 1 saturated heterocycles. The summed E-state index contributed by atoms with van der Waals surface area (Å²) in [5, 5.41) is 0. The summed E-state index contributed by atoms with van der Waals surface area (Å²) in [6.45, 7) is 6.27. The number of likely N-dealkylation sites (tertiary alicyclic amines) is 1. The molecule has 1 aromatic rings. The van der Waals surface area contributed by atoms with Crippen LogP contribution in [0.2, 0.25) is 0 Å². The van der Waals surface area contributed by atoms with Crippen LogP contribution in [0.25, 0.3) is 0 Å². The number of hydrogen-bond acceptors (Lipinski definition) is 3. The van der Waals surface area contributed by atoms with Crippen molar-refractivity contribution in [2.75, 3.05) is 25.4 Å². The molecule has 2 rings (SSSR count). The second kappa shape index (κ2) is 8.18. The van der Waals surface area contributed by atoms with Crippen LogP contribution in [0.15, 0.2) is 29.2 Å². The van der Waals surface area contributed by atoms with E-state index < -0.39 is 0 Å². The van der Waals surface area contributed by atoms with E-state index in [4.69, 9.17) is 5.73 Å². The van der Waals surface area contributed by atoms with Gasteiger partial charge in [-0.1, -0.05) is 13.8 Å². The number of carbonyl (C=O) groups excluding carboxylic acids is 1. The van der Waals surface area contributed by atoms with Gasteiger partial charge >= 0.3 is 0 Å². The molecule has 22 heavy (non-hydrogen) atoms. The molecule has 1 heterocycles. The Bertz CT molecular complexity index is 499. The second-order valence-corrected chi connectivity index (χ2v) is 7.28. The average Bonchev–Trinajstić information content (AvgIpc) is 2.89. The van der Waals surface area contributed by atoms with Crippen molar-refractivity contribution in [2.24, 2.45) is 17.1 Å². The summed E-state index contributed by atoms with van der Waals surface area (Å²) in [6.07, 6.45) is 0.979. The second-order valence-electron chi connectivity index (χ2n) is 6.19. The largest absolute Gasteiger partial charge is 0.342 e. The van der Waals surface area contributed by atoms with Gasteiger partial charge in [0.1, 0.15) is 5.82 Å². The van der Waals surface area contributed by atoms with Crippen molar-refractivity contribution in [2.45, 2.75) is 25.2 Å². The summed E-state index contributed by atoms with van der Waals surface area (Å²) in [5.74, 6) is 0.629. The molecular formula is C16H24ClFN2OS. The van der Waals surface area contributed by atoms with Crippen LogP contribution < -0.4 is 5.73 Å². The molecular weight excluding hydrogens is 323 g/mol. The van der Waals surface area contributed by atoms with Gasteiger partial charge in [0.25, 0.3) is 0 Å². The van der Waals surface area contributed by atoms with Crippen molar-refractivity contribution in [3.8, 4) is 0 Å². The topological polar surface area (TPSA) is 46.3 Å². The first-order chi connectivity index (χ1) is 9.93. The number of amides is 1. The minimum absolute atomic E-state index is 0. The zero-order valence-electron chi connectivity index (χ0n) is 13.0. The Morgan fingerprint density at radius 2 is 2.09 bits per heavy atom. The van der Waals surface area contributed by atoms with Gasteiger partial charge in [-0.2, -0.15) is 0 Å². The summed E-state index contributed by atoms with van der Waals surface area (Å²) in [5.41, 5.74) is 5.85. The summed E-state index contributed by atoms with van der Waals surface area (Å²) in [6, 6.07) is 6.39. The van der Waals surface area contributed by atoms with Crippen LogP contribution in [0.5, 0.6) is 0 Å². The Morgan fingerprint density at radius 1 is 1.45 bits per heavy atom. The van der Waals surface area contributed by atoms with Crippen molar-refractivity contribution >= 4 is 30.1 Å². The minimum atomic E-state index is -0.235. The highest BCUT2D eigenvalue weighted by Gasteiger charge is 2.36. The van der Waals surface area contributed by atoms with Crippen molar-refractivity contribution < 1.29 is 9.18 Å². The summed E-state index contributed by atoms with van der Waals surface area (Å²) in [4.78, 5) is 15.4. The zero-order valence-corrected chi connectivity index (χ0v) is 14.7. The molecule has 0 aromatic heterocycles. The minimum Gasteiger partial charge on any atom is -0.342 e.